The molecule has 1 fully saturated rings. The van der Waals surface area contributed by atoms with E-state index < -0.39 is 10.8 Å². The Morgan fingerprint density at radius 1 is 1.28 bits per heavy atom. The topological polar surface area (TPSA) is 105 Å². The number of phenols is 1. The minimum atomic E-state index is -0.496. The van der Waals surface area contributed by atoms with E-state index in [1.165, 1.54) is 18.2 Å². The highest BCUT2D eigenvalue weighted by molar-refractivity contribution is 8.18. The van der Waals surface area contributed by atoms with Gasteiger partial charge in [0.15, 0.2) is 5.17 Å². The quantitative estimate of drug-likeness (QED) is 0.498. The number of amidine groups is 1. The number of hydrogen-bond acceptors (Lipinski definition) is 6. The molecule has 3 rings (SSSR count). The predicted octanol–water partition coefficient (Wildman–Crippen LogP) is 3.50. The van der Waals surface area contributed by atoms with Crippen LogP contribution in [0.4, 0.5) is 11.4 Å². The molecule has 0 spiro atoms. The zero-order valence-electron chi connectivity index (χ0n) is 13.1. The van der Waals surface area contributed by atoms with Crippen LogP contribution in [0.3, 0.4) is 0 Å². The first kappa shape index (κ1) is 16.7. The van der Waals surface area contributed by atoms with E-state index in [0.29, 0.717) is 21.3 Å². The standard InChI is InChI=1S/C17H13N3O4S/c1-10-6-7-14(21)12(8-10)18-17-19-16(22)15(25-17)9-11-4-2-3-5-13(11)20(23)24/h2-9,21H,1H3,(H,18,19,22)/b15-9-. The molecule has 7 nitrogen and oxygen atoms in total. The van der Waals surface area contributed by atoms with Crippen molar-refractivity contribution in [1.29, 1.82) is 0 Å². The summed E-state index contributed by atoms with van der Waals surface area (Å²) in [6.45, 7) is 1.86. The van der Waals surface area contributed by atoms with Crippen LogP contribution in [0.1, 0.15) is 11.1 Å². The number of thioether (sulfide) groups is 1. The van der Waals surface area contributed by atoms with E-state index in [9.17, 15) is 20.0 Å². The molecule has 2 N–H and O–H groups in total. The van der Waals surface area contributed by atoms with Gasteiger partial charge in [-0.25, -0.2) is 4.99 Å². The molecule has 8 heteroatoms. The molecule has 1 aliphatic heterocycles. The van der Waals surface area contributed by atoms with Crippen LogP contribution in [-0.2, 0) is 4.79 Å². The van der Waals surface area contributed by atoms with E-state index in [1.54, 1.807) is 30.3 Å². The third-order valence-electron chi connectivity index (χ3n) is 3.42. The number of hydrogen-bond donors (Lipinski definition) is 2. The summed E-state index contributed by atoms with van der Waals surface area (Å²) in [5.74, 6) is -0.391. The van der Waals surface area contributed by atoms with Crippen molar-refractivity contribution in [3.05, 3.63) is 68.6 Å². The second-order valence-corrected chi connectivity index (χ2v) is 6.32. The minimum Gasteiger partial charge on any atom is -0.506 e. The number of carbonyl (C=O) groups excluding carboxylic acids is 1. The molecule has 0 aliphatic carbocycles. The summed E-state index contributed by atoms with van der Waals surface area (Å²) < 4.78 is 0. The maximum atomic E-state index is 12.1. The van der Waals surface area contributed by atoms with Crippen molar-refractivity contribution in [3.63, 3.8) is 0 Å². The zero-order chi connectivity index (χ0) is 18.0. The lowest BCUT2D eigenvalue weighted by molar-refractivity contribution is -0.385. The van der Waals surface area contributed by atoms with Gasteiger partial charge in [-0.15, -0.1) is 0 Å². The number of nitro groups is 1. The van der Waals surface area contributed by atoms with Crippen LogP contribution in [0, 0.1) is 17.0 Å². The highest BCUT2D eigenvalue weighted by Gasteiger charge is 2.25. The van der Waals surface area contributed by atoms with E-state index in [0.717, 1.165) is 17.3 Å². The molecular weight excluding hydrogens is 342 g/mol. The molecule has 2 aromatic rings. The lowest BCUT2D eigenvalue weighted by Gasteiger charge is -2.01. The summed E-state index contributed by atoms with van der Waals surface area (Å²) in [5.41, 5.74) is 1.52. The second kappa shape index (κ2) is 6.78. The summed E-state index contributed by atoms with van der Waals surface area (Å²) >= 11 is 1.06. The number of phenolic OH excluding ortho intramolecular Hbond substituents is 1. The van der Waals surface area contributed by atoms with Crippen LogP contribution in [0.15, 0.2) is 52.4 Å². The maximum absolute atomic E-state index is 12.1. The number of para-hydroxylation sites is 1. The van der Waals surface area contributed by atoms with Gasteiger partial charge in [-0.1, -0.05) is 18.2 Å². The van der Waals surface area contributed by atoms with Gasteiger partial charge < -0.3 is 10.4 Å². The first-order chi connectivity index (χ1) is 11.9. The van der Waals surface area contributed by atoms with Crippen molar-refractivity contribution >= 4 is 40.3 Å². The Morgan fingerprint density at radius 2 is 2.04 bits per heavy atom. The van der Waals surface area contributed by atoms with E-state index in [1.807, 2.05) is 6.92 Å². The van der Waals surface area contributed by atoms with Gasteiger partial charge in [0.25, 0.3) is 11.6 Å². The molecule has 0 unspecified atom stereocenters. The summed E-state index contributed by atoms with van der Waals surface area (Å²) in [4.78, 5) is 27.2. The van der Waals surface area contributed by atoms with Gasteiger partial charge in [0.1, 0.15) is 11.4 Å². The Morgan fingerprint density at radius 3 is 2.80 bits per heavy atom. The number of aryl methyl sites for hydroxylation is 1. The van der Waals surface area contributed by atoms with Crippen molar-refractivity contribution in [2.75, 3.05) is 0 Å². The van der Waals surface area contributed by atoms with Crippen LogP contribution in [0.5, 0.6) is 5.75 Å². The molecular formula is C17H13N3O4S. The maximum Gasteiger partial charge on any atom is 0.276 e. The van der Waals surface area contributed by atoms with Crippen LogP contribution in [0.2, 0.25) is 0 Å². The number of nitro benzene ring substituents is 1. The highest BCUT2D eigenvalue weighted by Crippen LogP contribution is 2.33. The number of benzene rings is 2. The third kappa shape index (κ3) is 3.69. The van der Waals surface area contributed by atoms with Crippen molar-refractivity contribution in [1.82, 2.24) is 5.32 Å². The molecule has 2 aromatic carbocycles. The molecule has 1 heterocycles. The van der Waals surface area contributed by atoms with Gasteiger partial charge in [0.05, 0.1) is 15.4 Å². The molecule has 126 valence electrons. The van der Waals surface area contributed by atoms with Crippen molar-refractivity contribution in [2.45, 2.75) is 6.92 Å². The Labute approximate surface area is 147 Å². The SMILES string of the molecule is Cc1ccc(O)c(N=C2NC(=O)/C(=C/c3ccccc3[N+](=O)[O-])S2)c1. The number of carbonyl (C=O) groups is 1. The smallest absolute Gasteiger partial charge is 0.276 e. The molecule has 1 saturated heterocycles. The fourth-order valence-corrected chi connectivity index (χ4v) is 3.06. The number of aromatic hydroxyl groups is 1. The first-order valence-electron chi connectivity index (χ1n) is 7.26. The average Bonchev–Trinajstić information content (AvgIpc) is 2.91. The summed E-state index contributed by atoms with van der Waals surface area (Å²) in [6, 6.07) is 11.1. The Kier molecular flexibility index (Phi) is 4.53. The van der Waals surface area contributed by atoms with E-state index in [4.69, 9.17) is 0 Å². The molecule has 0 aromatic heterocycles. The predicted molar refractivity (Wildman–Crippen MR) is 96.7 cm³/mol. The molecule has 1 amide bonds. The van der Waals surface area contributed by atoms with Crippen molar-refractivity contribution < 1.29 is 14.8 Å². The van der Waals surface area contributed by atoms with Gasteiger partial charge in [0, 0.05) is 6.07 Å². The largest absolute Gasteiger partial charge is 0.506 e. The van der Waals surface area contributed by atoms with Gasteiger partial charge in [0.2, 0.25) is 0 Å². The molecule has 0 radical (unpaired) electrons. The number of nitrogens with zero attached hydrogens (tertiary/aromatic N) is 2. The van der Waals surface area contributed by atoms with E-state index in [2.05, 4.69) is 10.3 Å². The first-order valence-corrected chi connectivity index (χ1v) is 8.08. The number of nitrogens with one attached hydrogen (secondary N) is 1. The lowest BCUT2D eigenvalue weighted by atomic mass is 10.1. The number of rotatable bonds is 3. The summed E-state index contributed by atoms with van der Waals surface area (Å²) in [6.07, 6.45) is 1.46. The van der Waals surface area contributed by atoms with Crippen LogP contribution in [0.25, 0.3) is 6.08 Å². The van der Waals surface area contributed by atoms with Gasteiger partial charge in [-0.2, -0.15) is 0 Å². The number of amides is 1. The highest BCUT2D eigenvalue weighted by atomic mass is 32.2. The van der Waals surface area contributed by atoms with Gasteiger partial charge in [-0.05, 0) is 48.5 Å². The molecule has 1 aliphatic rings. The van der Waals surface area contributed by atoms with Crippen LogP contribution < -0.4 is 5.32 Å². The van der Waals surface area contributed by atoms with Crippen LogP contribution >= 0.6 is 11.8 Å². The summed E-state index contributed by atoms with van der Waals surface area (Å²) in [5, 5.41) is 23.8. The van der Waals surface area contributed by atoms with E-state index in [-0.39, 0.29) is 11.4 Å². The normalized spacial score (nSPS) is 17.1. The van der Waals surface area contributed by atoms with Crippen molar-refractivity contribution in [3.8, 4) is 5.75 Å². The monoisotopic (exact) mass is 355 g/mol. The van der Waals surface area contributed by atoms with E-state index >= 15 is 0 Å². The number of aliphatic imine (C=N–C) groups is 1. The minimum absolute atomic E-state index is 0.00377. The lowest BCUT2D eigenvalue weighted by Crippen LogP contribution is -2.19. The average molecular weight is 355 g/mol. The molecule has 0 bridgehead atoms. The second-order valence-electron chi connectivity index (χ2n) is 5.29. The van der Waals surface area contributed by atoms with Gasteiger partial charge in [-0.3, -0.25) is 14.9 Å². The molecule has 0 saturated carbocycles. The summed E-state index contributed by atoms with van der Waals surface area (Å²) in [7, 11) is 0. The Bertz CT molecular complexity index is 937. The Hall–Kier alpha value is -3.13. The molecule has 25 heavy (non-hydrogen) atoms. The Balaban J connectivity index is 1.92. The molecule has 0 atom stereocenters. The van der Waals surface area contributed by atoms with Crippen LogP contribution in [-0.4, -0.2) is 21.1 Å². The fourth-order valence-electron chi connectivity index (χ4n) is 2.23. The third-order valence-corrected chi connectivity index (χ3v) is 4.33. The van der Waals surface area contributed by atoms with Gasteiger partial charge >= 0.3 is 0 Å². The fraction of sp³-hybridized carbons (Fsp3) is 0.0588. The van der Waals surface area contributed by atoms with Crippen molar-refractivity contribution in [2.24, 2.45) is 4.99 Å². The zero-order valence-corrected chi connectivity index (χ0v) is 13.9.